The molecule has 0 aromatic heterocycles. The standard InChI is InChI=1S/C16H21F2N3O3S/c1-2-21(9-14(22)23)11-7-10(8-11)19-16(24)20-12-5-3-4-6-13(12)25-15(17)18/h3-6,10-11,15H,2,7-9H2,1H3,(H,22,23)(H2,19,20,24). The molecule has 1 aromatic carbocycles. The molecule has 1 aromatic rings. The van der Waals surface area contributed by atoms with Gasteiger partial charge < -0.3 is 15.7 Å². The van der Waals surface area contributed by atoms with Crippen LogP contribution in [0.3, 0.4) is 0 Å². The van der Waals surface area contributed by atoms with Gasteiger partial charge in [0.25, 0.3) is 5.76 Å². The van der Waals surface area contributed by atoms with Crippen molar-refractivity contribution in [1.82, 2.24) is 10.2 Å². The fourth-order valence-electron chi connectivity index (χ4n) is 2.79. The molecule has 0 radical (unpaired) electrons. The number of likely N-dealkylation sites (N-methyl/N-ethyl adjacent to an activating group) is 1. The van der Waals surface area contributed by atoms with E-state index in [1.54, 1.807) is 18.2 Å². The molecule has 1 aliphatic rings. The predicted molar refractivity (Wildman–Crippen MR) is 92.2 cm³/mol. The molecule has 3 N–H and O–H groups in total. The molecule has 2 amide bonds. The summed E-state index contributed by atoms with van der Waals surface area (Å²) >= 11 is 0.381. The van der Waals surface area contributed by atoms with E-state index in [0.29, 0.717) is 41.7 Å². The van der Waals surface area contributed by atoms with Crippen LogP contribution in [-0.2, 0) is 4.79 Å². The van der Waals surface area contributed by atoms with Crippen molar-refractivity contribution in [2.75, 3.05) is 18.4 Å². The van der Waals surface area contributed by atoms with Crippen molar-refractivity contribution in [2.24, 2.45) is 0 Å². The Kier molecular flexibility index (Phi) is 7.01. The molecule has 0 aliphatic heterocycles. The zero-order valence-corrected chi connectivity index (χ0v) is 14.6. The lowest BCUT2D eigenvalue weighted by Gasteiger charge is -2.42. The number of halogens is 2. The minimum Gasteiger partial charge on any atom is -0.480 e. The van der Waals surface area contributed by atoms with Gasteiger partial charge in [0.15, 0.2) is 0 Å². The summed E-state index contributed by atoms with van der Waals surface area (Å²) in [5.41, 5.74) is 0.335. The van der Waals surface area contributed by atoms with E-state index >= 15 is 0 Å². The number of anilines is 1. The number of carbonyl (C=O) groups is 2. The summed E-state index contributed by atoms with van der Waals surface area (Å²) in [4.78, 5) is 25.0. The van der Waals surface area contributed by atoms with Crippen LogP contribution in [-0.4, -0.2) is 52.9 Å². The quantitative estimate of drug-likeness (QED) is 0.610. The summed E-state index contributed by atoms with van der Waals surface area (Å²) in [7, 11) is 0. The van der Waals surface area contributed by atoms with Crippen LogP contribution in [0.5, 0.6) is 0 Å². The Morgan fingerprint density at radius 1 is 1.36 bits per heavy atom. The second-order valence-corrected chi connectivity index (χ2v) is 6.78. The first-order chi connectivity index (χ1) is 11.9. The van der Waals surface area contributed by atoms with E-state index in [4.69, 9.17) is 5.11 Å². The Morgan fingerprint density at radius 3 is 2.64 bits per heavy atom. The van der Waals surface area contributed by atoms with Gasteiger partial charge in [-0.1, -0.05) is 30.8 Å². The number of benzene rings is 1. The largest absolute Gasteiger partial charge is 0.480 e. The molecular formula is C16H21F2N3O3S. The van der Waals surface area contributed by atoms with Gasteiger partial charge in [-0.05, 0) is 31.5 Å². The maximum Gasteiger partial charge on any atom is 0.319 e. The number of nitrogens with one attached hydrogen (secondary N) is 2. The number of rotatable bonds is 8. The van der Waals surface area contributed by atoms with Gasteiger partial charge in [-0.3, -0.25) is 9.69 Å². The molecule has 0 unspecified atom stereocenters. The number of nitrogens with zero attached hydrogens (tertiary/aromatic N) is 1. The highest BCUT2D eigenvalue weighted by atomic mass is 32.2. The van der Waals surface area contributed by atoms with Gasteiger partial charge in [-0.15, -0.1) is 0 Å². The van der Waals surface area contributed by atoms with Crippen LogP contribution in [0.4, 0.5) is 19.3 Å². The third kappa shape index (κ3) is 5.86. The molecule has 138 valence electrons. The van der Waals surface area contributed by atoms with Crippen molar-refractivity contribution in [3.63, 3.8) is 0 Å². The second kappa shape index (κ2) is 9.00. The van der Waals surface area contributed by atoms with Gasteiger partial charge >= 0.3 is 12.0 Å². The average molecular weight is 373 g/mol. The minimum absolute atomic E-state index is 0.0156. The summed E-state index contributed by atoms with van der Waals surface area (Å²) < 4.78 is 25.1. The average Bonchev–Trinajstić information content (AvgIpc) is 2.49. The number of carboxylic acids is 1. The molecule has 1 fully saturated rings. The van der Waals surface area contributed by atoms with Crippen molar-refractivity contribution < 1.29 is 23.5 Å². The Balaban J connectivity index is 1.82. The number of urea groups is 1. The van der Waals surface area contributed by atoms with Crippen molar-refractivity contribution in [3.8, 4) is 0 Å². The monoisotopic (exact) mass is 373 g/mol. The molecule has 0 atom stereocenters. The highest BCUT2D eigenvalue weighted by molar-refractivity contribution is 7.99. The van der Waals surface area contributed by atoms with E-state index in [2.05, 4.69) is 10.6 Å². The van der Waals surface area contributed by atoms with Gasteiger partial charge in [0.05, 0.1) is 12.2 Å². The van der Waals surface area contributed by atoms with Crippen LogP contribution in [0, 0.1) is 0 Å². The Hall–Kier alpha value is -1.87. The molecule has 6 nitrogen and oxygen atoms in total. The minimum atomic E-state index is -2.56. The van der Waals surface area contributed by atoms with Crippen LogP contribution in [0.1, 0.15) is 19.8 Å². The third-order valence-corrected chi connectivity index (χ3v) is 4.85. The lowest BCUT2D eigenvalue weighted by atomic mass is 9.85. The predicted octanol–water partition coefficient (Wildman–Crippen LogP) is 3.06. The Morgan fingerprint density at radius 2 is 2.04 bits per heavy atom. The van der Waals surface area contributed by atoms with E-state index in [1.807, 2.05) is 11.8 Å². The molecule has 0 bridgehead atoms. The molecule has 0 spiro atoms. The maximum absolute atomic E-state index is 12.5. The molecule has 0 saturated heterocycles. The van der Waals surface area contributed by atoms with Gasteiger partial charge in [0.2, 0.25) is 0 Å². The van der Waals surface area contributed by atoms with Crippen molar-refractivity contribution in [3.05, 3.63) is 24.3 Å². The number of carboxylic acid groups (broad SMARTS) is 1. The third-order valence-electron chi connectivity index (χ3n) is 4.06. The lowest BCUT2D eigenvalue weighted by molar-refractivity contribution is -0.139. The molecular weight excluding hydrogens is 352 g/mol. The number of thioether (sulfide) groups is 1. The molecule has 0 heterocycles. The summed E-state index contributed by atoms with van der Waals surface area (Å²) in [6.45, 7) is 2.51. The number of alkyl halides is 2. The Bertz CT molecular complexity index is 612. The van der Waals surface area contributed by atoms with E-state index < -0.39 is 17.8 Å². The number of hydrogen-bond donors (Lipinski definition) is 3. The summed E-state index contributed by atoms with van der Waals surface area (Å²) in [5, 5.41) is 14.3. The van der Waals surface area contributed by atoms with E-state index in [-0.39, 0.29) is 18.6 Å². The summed E-state index contributed by atoms with van der Waals surface area (Å²) in [6.07, 6.45) is 1.34. The van der Waals surface area contributed by atoms with Crippen LogP contribution in [0.15, 0.2) is 29.2 Å². The summed E-state index contributed by atoms with van der Waals surface area (Å²) in [5.74, 6) is -3.43. The molecule has 1 aliphatic carbocycles. The second-order valence-electron chi connectivity index (χ2n) is 5.75. The highest BCUT2D eigenvalue weighted by Crippen LogP contribution is 2.32. The van der Waals surface area contributed by atoms with Gasteiger partial charge in [0.1, 0.15) is 0 Å². The fraction of sp³-hybridized carbons (Fsp3) is 0.500. The molecule has 2 rings (SSSR count). The van der Waals surface area contributed by atoms with Crippen molar-refractivity contribution >= 4 is 29.4 Å². The van der Waals surface area contributed by atoms with Gasteiger partial charge in [0, 0.05) is 17.0 Å². The van der Waals surface area contributed by atoms with Crippen LogP contribution in [0.2, 0.25) is 0 Å². The van der Waals surface area contributed by atoms with Crippen LogP contribution < -0.4 is 10.6 Å². The SMILES string of the molecule is CCN(CC(=O)O)C1CC(NC(=O)Nc2ccccc2SC(F)F)C1. The maximum atomic E-state index is 12.5. The number of amides is 2. The summed E-state index contributed by atoms with van der Waals surface area (Å²) in [6, 6.07) is 6.01. The molecule has 25 heavy (non-hydrogen) atoms. The first-order valence-corrected chi connectivity index (χ1v) is 8.84. The number of aliphatic carboxylic acids is 1. The fourth-order valence-corrected chi connectivity index (χ4v) is 3.38. The molecule has 1 saturated carbocycles. The van der Waals surface area contributed by atoms with E-state index in [9.17, 15) is 18.4 Å². The zero-order chi connectivity index (χ0) is 18.4. The van der Waals surface area contributed by atoms with E-state index in [0.717, 1.165) is 0 Å². The first-order valence-electron chi connectivity index (χ1n) is 7.96. The normalized spacial score (nSPS) is 19.6. The lowest BCUT2D eigenvalue weighted by Crippen LogP contribution is -2.55. The van der Waals surface area contributed by atoms with Gasteiger partial charge in [-0.2, -0.15) is 8.78 Å². The number of carbonyl (C=O) groups excluding carboxylic acids is 1. The van der Waals surface area contributed by atoms with Crippen LogP contribution >= 0.6 is 11.8 Å². The smallest absolute Gasteiger partial charge is 0.319 e. The number of hydrogen-bond acceptors (Lipinski definition) is 4. The first kappa shape index (κ1) is 19.5. The van der Waals surface area contributed by atoms with Crippen LogP contribution in [0.25, 0.3) is 0 Å². The van der Waals surface area contributed by atoms with Crippen molar-refractivity contribution in [1.29, 1.82) is 0 Å². The molecule has 9 heteroatoms. The highest BCUT2D eigenvalue weighted by Gasteiger charge is 2.34. The van der Waals surface area contributed by atoms with Gasteiger partial charge in [-0.25, -0.2) is 4.79 Å². The van der Waals surface area contributed by atoms with E-state index in [1.165, 1.54) is 6.07 Å². The number of para-hydroxylation sites is 1. The van der Waals surface area contributed by atoms with Crippen molar-refractivity contribution in [2.45, 2.75) is 42.5 Å². The zero-order valence-electron chi connectivity index (χ0n) is 13.7. The Labute approximate surface area is 149 Å². The topological polar surface area (TPSA) is 81.7 Å².